The molecule has 0 saturated heterocycles. The molecule has 4 rings (SSSR count). The number of benzene rings is 2. The summed E-state index contributed by atoms with van der Waals surface area (Å²) in [6.07, 6.45) is 0.512. The molecule has 0 fully saturated rings. The Bertz CT molecular complexity index is 968. The molecule has 1 N–H and O–H groups in total. The van der Waals surface area contributed by atoms with Crippen molar-refractivity contribution in [2.45, 2.75) is 13.0 Å². The van der Waals surface area contributed by atoms with Crippen LogP contribution in [-0.4, -0.2) is 14.2 Å². The van der Waals surface area contributed by atoms with Crippen molar-refractivity contribution >= 4 is 23.2 Å². The Labute approximate surface area is 142 Å². The second-order valence-electron chi connectivity index (χ2n) is 5.55. The molecule has 0 aliphatic carbocycles. The summed E-state index contributed by atoms with van der Waals surface area (Å²) in [6.45, 7) is 0.444. The molecule has 1 aromatic heterocycles. The van der Waals surface area contributed by atoms with Gasteiger partial charge in [-0.15, -0.1) is 0 Å². The Morgan fingerprint density at radius 1 is 1.00 bits per heavy atom. The molecule has 0 amide bonds. The molecular weight excluding hydrogens is 335 g/mol. The molecule has 2 aromatic carbocycles. The fourth-order valence-corrected chi connectivity index (χ4v) is 3.56. The third-order valence-electron chi connectivity index (χ3n) is 4.13. The number of aromatic nitrogens is 2. The number of nitrogens with zero attached hydrogens (tertiary/aromatic N) is 2. The van der Waals surface area contributed by atoms with Gasteiger partial charge in [0, 0.05) is 16.5 Å². The van der Waals surface area contributed by atoms with Crippen LogP contribution in [0.2, 0.25) is 10.0 Å². The van der Waals surface area contributed by atoms with Crippen molar-refractivity contribution in [3.8, 4) is 11.6 Å². The van der Waals surface area contributed by atoms with Crippen LogP contribution in [0, 0.1) is 0 Å². The van der Waals surface area contributed by atoms with Gasteiger partial charge in [-0.1, -0.05) is 47.5 Å². The Kier molecular flexibility index (Phi) is 3.25. The van der Waals surface area contributed by atoms with Gasteiger partial charge in [0.05, 0.1) is 17.9 Å². The summed E-state index contributed by atoms with van der Waals surface area (Å²) in [6, 6.07) is 12.7. The Balaban J connectivity index is 1.92. The first-order valence-electron chi connectivity index (χ1n) is 7.11. The van der Waals surface area contributed by atoms with Gasteiger partial charge in [0.2, 0.25) is 5.88 Å². The fraction of sp³-hybridized carbons (Fsp3) is 0.118. The zero-order valence-corrected chi connectivity index (χ0v) is 13.5. The van der Waals surface area contributed by atoms with Crippen molar-refractivity contribution in [3.05, 3.63) is 79.8 Å². The summed E-state index contributed by atoms with van der Waals surface area (Å²) in [5.74, 6) is -0.0668. The zero-order chi connectivity index (χ0) is 16.1. The molecule has 1 aliphatic rings. The van der Waals surface area contributed by atoms with Gasteiger partial charge in [0.1, 0.15) is 0 Å². The summed E-state index contributed by atoms with van der Waals surface area (Å²) in [7, 11) is 0. The lowest BCUT2D eigenvalue weighted by Gasteiger charge is -2.17. The molecule has 4 nitrogen and oxygen atoms in total. The van der Waals surface area contributed by atoms with Crippen LogP contribution in [-0.2, 0) is 13.0 Å². The van der Waals surface area contributed by atoms with Gasteiger partial charge < -0.3 is 5.11 Å². The minimum absolute atomic E-state index is 0.0668. The highest BCUT2D eigenvalue weighted by Gasteiger charge is 2.25. The zero-order valence-electron chi connectivity index (χ0n) is 12.0. The van der Waals surface area contributed by atoms with Crippen molar-refractivity contribution in [2.24, 2.45) is 0 Å². The van der Waals surface area contributed by atoms with E-state index in [1.54, 1.807) is 22.8 Å². The number of hydrogen-bond acceptors (Lipinski definition) is 2. The molecule has 0 atom stereocenters. The number of hydrogen-bond donors (Lipinski definition) is 1. The van der Waals surface area contributed by atoms with Gasteiger partial charge in [0.25, 0.3) is 0 Å². The van der Waals surface area contributed by atoms with E-state index in [0.29, 0.717) is 34.4 Å². The van der Waals surface area contributed by atoms with E-state index in [1.165, 1.54) is 4.57 Å². The summed E-state index contributed by atoms with van der Waals surface area (Å²) in [5.41, 5.74) is 2.96. The summed E-state index contributed by atoms with van der Waals surface area (Å²) < 4.78 is 2.84. The van der Waals surface area contributed by atoms with Crippen LogP contribution in [0.25, 0.3) is 5.69 Å². The molecular formula is C17H12Cl2N2O2. The van der Waals surface area contributed by atoms with Gasteiger partial charge in [-0.2, -0.15) is 0 Å². The highest BCUT2D eigenvalue weighted by atomic mass is 35.5. The van der Waals surface area contributed by atoms with E-state index in [9.17, 15) is 9.90 Å². The number of imidazole rings is 1. The molecule has 116 valence electrons. The number of fused-ring (bicyclic) bond motifs is 2. The molecule has 0 radical (unpaired) electrons. The van der Waals surface area contributed by atoms with Crippen LogP contribution in [0.1, 0.15) is 16.8 Å². The lowest BCUT2D eigenvalue weighted by atomic mass is 9.99. The Hall–Kier alpha value is -2.17. The van der Waals surface area contributed by atoms with Crippen LogP contribution in [0.5, 0.6) is 5.88 Å². The largest absolute Gasteiger partial charge is 0.493 e. The van der Waals surface area contributed by atoms with Crippen molar-refractivity contribution in [3.63, 3.8) is 0 Å². The smallest absolute Gasteiger partial charge is 0.336 e. The van der Waals surface area contributed by atoms with E-state index in [0.717, 1.165) is 11.1 Å². The van der Waals surface area contributed by atoms with Crippen LogP contribution in [0.4, 0.5) is 0 Å². The van der Waals surface area contributed by atoms with Crippen molar-refractivity contribution in [1.29, 1.82) is 0 Å². The summed E-state index contributed by atoms with van der Waals surface area (Å²) in [4.78, 5) is 12.7. The normalized spacial score (nSPS) is 12.8. The average molecular weight is 347 g/mol. The summed E-state index contributed by atoms with van der Waals surface area (Å²) in [5, 5.41) is 11.4. The first kappa shape index (κ1) is 14.4. The molecule has 1 aliphatic heterocycles. The minimum Gasteiger partial charge on any atom is -0.493 e. The van der Waals surface area contributed by atoms with E-state index in [4.69, 9.17) is 23.2 Å². The van der Waals surface area contributed by atoms with Crippen LogP contribution in [0.15, 0.2) is 47.3 Å². The van der Waals surface area contributed by atoms with Gasteiger partial charge in [-0.05, 0) is 29.3 Å². The van der Waals surface area contributed by atoms with Gasteiger partial charge in [0.15, 0.2) is 0 Å². The lowest BCUT2D eigenvalue weighted by molar-refractivity contribution is 0.434. The summed E-state index contributed by atoms with van der Waals surface area (Å²) >= 11 is 12.0. The number of rotatable bonds is 1. The minimum atomic E-state index is -0.301. The molecule has 0 bridgehead atoms. The second kappa shape index (κ2) is 5.18. The molecule has 6 heteroatoms. The van der Waals surface area contributed by atoms with Crippen LogP contribution >= 0.6 is 23.2 Å². The topological polar surface area (TPSA) is 47.2 Å². The molecule has 2 heterocycles. The molecule has 3 aromatic rings. The Morgan fingerprint density at radius 3 is 2.35 bits per heavy atom. The van der Waals surface area contributed by atoms with E-state index in [2.05, 4.69) is 0 Å². The highest BCUT2D eigenvalue weighted by Crippen LogP contribution is 2.30. The fourth-order valence-electron chi connectivity index (χ4n) is 3.05. The first-order valence-corrected chi connectivity index (χ1v) is 7.87. The third-order valence-corrected chi connectivity index (χ3v) is 4.56. The molecule has 23 heavy (non-hydrogen) atoms. The second-order valence-corrected chi connectivity index (χ2v) is 6.42. The number of aromatic hydroxyl groups is 1. The van der Waals surface area contributed by atoms with Gasteiger partial charge in [-0.25, -0.2) is 9.36 Å². The SMILES string of the molecule is O=c1n2c(c(O)n1-c1cc(Cl)cc(Cl)c1)Cc1ccccc1C2. The molecule has 0 saturated carbocycles. The van der Waals surface area contributed by atoms with Gasteiger partial charge in [-0.3, -0.25) is 4.57 Å². The first-order chi connectivity index (χ1) is 11.0. The Morgan fingerprint density at radius 2 is 1.65 bits per heavy atom. The highest BCUT2D eigenvalue weighted by molar-refractivity contribution is 6.34. The molecule has 0 spiro atoms. The van der Waals surface area contributed by atoms with E-state index in [-0.39, 0.29) is 11.6 Å². The average Bonchev–Trinajstić information content (AvgIpc) is 2.75. The maximum absolute atomic E-state index is 12.7. The van der Waals surface area contributed by atoms with Crippen molar-refractivity contribution in [1.82, 2.24) is 9.13 Å². The maximum Gasteiger partial charge on any atom is 0.336 e. The van der Waals surface area contributed by atoms with Crippen molar-refractivity contribution < 1.29 is 5.11 Å². The monoisotopic (exact) mass is 346 g/mol. The van der Waals surface area contributed by atoms with Crippen LogP contribution < -0.4 is 5.69 Å². The van der Waals surface area contributed by atoms with Crippen LogP contribution in [0.3, 0.4) is 0 Å². The van der Waals surface area contributed by atoms with E-state index in [1.807, 2.05) is 24.3 Å². The standard InChI is InChI=1S/C17H12Cl2N2O2/c18-12-6-13(19)8-14(7-12)21-16(22)15-5-10-3-1-2-4-11(10)9-20(15)17(21)23/h1-4,6-8,22H,5,9H2. The molecule has 0 unspecified atom stereocenters. The van der Waals surface area contributed by atoms with E-state index < -0.39 is 0 Å². The quantitative estimate of drug-likeness (QED) is 0.572. The number of halogens is 2. The van der Waals surface area contributed by atoms with Gasteiger partial charge >= 0.3 is 5.69 Å². The van der Waals surface area contributed by atoms with E-state index >= 15 is 0 Å². The maximum atomic E-state index is 12.7. The van der Waals surface area contributed by atoms with Crippen molar-refractivity contribution in [2.75, 3.05) is 0 Å². The third kappa shape index (κ3) is 2.26. The predicted molar refractivity (Wildman–Crippen MR) is 90.1 cm³/mol. The lowest BCUT2D eigenvalue weighted by Crippen LogP contribution is -2.27. The predicted octanol–water partition coefficient (Wildman–Crippen LogP) is 3.60.